The minimum absolute atomic E-state index is 0.345. The highest BCUT2D eigenvalue weighted by atomic mass is 16.5. The van der Waals surface area contributed by atoms with Gasteiger partial charge in [-0.25, -0.2) is 4.79 Å². The Hall–Kier alpha value is -2.56. The summed E-state index contributed by atoms with van der Waals surface area (Å²) in [6, 6.07) is 8.23. The van der Waals surface area contributed by atoms with Gasteiger partial charge in [0.25, 0.3) is 0 Å². The number of benzene rings is 1. The number of aryl methyl sites for hydroxylation is 1. The molecule has 2 aliphatic rings. The highest BCUT2D eigenvalue weighted by molar-refractivity contribution is 5.95. The van der Waals surface area contributed by atoms with Crippen molar-refractivity contribution >= 4 is 11.7 Å². The first-order valence-corrected chi connectivity index (χ1v) is 10.3. The van der Waals surface area contributed by atoms with Gasteiger partial charge in [0.1, 0.15) is 5.75 Å². The number of fused-ring (bicyclic) bond motifs is 1. The minimum atomic E-state index is -0.345. The molecule has 0 saturated heterocycles. The van der Waals surface area contributed by atoms with Crippen LogP contribution < -0.4 is 10.1 Å². The van der Waals surface area contributed by atoms with Crippen molar-refractivity contribution in [3.05, 3.63) is 53.3 Å². The van der Waals surface area contributed by atoms with Crippen molar-refractivity contribution in [3.8, 4) is 5.75 Å². The number of hydrogen-bond donors (Lipinski definition) is 1. The lowest BCUT2D eigenvalue weighted by molar-refractivity contribution is 0.0601. The number of aromatic nitrogens is 1. The summed E-state index contributed by atoms with van der Waals surface area (Å²) in [6.07, 6.45) is 10.6. The molecule has 1 aromatic heterocycles. The van der Waals surface area contributed by atoms with Crippen molar-refractivity contribution < 1.29 is 14.3 Å². The largest absolute Gasteiger partial charge is 0.494 e. The molecule has 4 rings (SSSR count). The van der Waals surface area contributed by atoms with E-state index in [1.165, 1.54) is 43.9 Å². The maximum Gasteiger partial charge on any atom is 0.340 e. The Bertz CT molecular complexity index is 832. The van der Waals surface area contributed by atoms with Crippen LogP contribution in [0.2, 0.25) is 0 Å². The van der Waals surface area contributed by atoms with E-state index in [-0.39, 0.29) is 5.97 Å². The van der Waals surface area contributed by atoms with Gasteiger partial charge in [0, 0.05) is 18.7 Å². The van der Waals surface area contributed by atoms with Crippen LogP contribution in [-0.2, 0) is 11.2 Å². The van der Waals surface area contributed by atoms with Gasteiger partial charge in [-0.15, -0.1) is 0 Å². The van der Waals surface area contributed by atoms with Gasteiger partial charge in [-0.1, -0.05) is 18.9 Å². The molecule has 2 aliphatic carbocycles. The van der Waals surface area contributed by atoms with Crippen LogP contribution in [-0.4, -0.2) is 31.2 Å². The number of carbonyl (C=O) groups excluding carboxylic acids is 1. The van der Waals surface area contributed by atoms with Crippen LogP contribution in [0, 0.1) is 5.92 Å². The van der Waals surface area contributed by atoms with Crippen molar-refractivity contribution in [1.29, 1.82) is 0 Å². The van der Waals surface area contributed by atoms with Gasteiger partial charge in [0.2, 0.25) is 0 Å². The fourth-order valence-electron chi connectivity index (χ4n) is 4.00. The fraction of sp³-hybridized carbons (Fsp3) is 0.478. The first-order valence-electron chi connectivity index (χ1n) is 10.3. The van der Waals surface area contributed by atoms with Gasteiger partial charge in [0.15, 0.2) is 0 Å². The van der Waals surface area contributed by atoms with E-state index in [0.717, 1.165) is 43.3 Å². The Kier molecular flexibility index (Phi) is 5.79. The molecule has 0 radical (unpaired) electrons. The van der Waals surface area contributed by atoms with E-state index in [1.807, 2.05) is 0 Å². The number of methoxy groups -OCH3 is 1. The molecule has 0 spiro atoms. The topological polar surface area (TPSA) is 60.5 Å². The number of nitrogens with one attached hydrogen (secondary N) is 1. The van der Waals surface area contributed by atoms with Crippen LogP contribution in [0.15, 0.2) is 36.7 Å². The van der Waals surface area contributed by atoms with Crippen molar-refractivity contribution in [2.75, 3.05) is 25.6 Å². The number of hydrogen-bond acceptors (Lipinski definition) is 5. The molecule has 0 bridgehead atoms. The molecule has 0 aliphatic heterocycles. The smallest absolute Gasteiger partial charge is 0.340 e. The van der Waals surface area contributed by atoms with Crippen LogP contribution >= 0.6 is 0 Å². The van der Waals surface area contributed by atoms with Crippen molar-refractivity contribution in [2.24, 2.45) is 5.92 Å². The molecule has 148 valence electrons. The molecule has 28 heavy (non-hydrogen) atoms. The molecule has 1 saturated carbocycles. The lowest BCUT2D eigenvalue weighted by Gasteiger charge is -2.27. The Labute approximate surface area is 166 Å². The molecule has 1 heterocycles. The van der Waals surface area contributed by atoms with E-state index in [0.29, 0.717) is 11.5 Å². The van der Waals surface area contributed by atoms with Crippen LogP contribution in [0.1, 0.15) is 59.5 Å². The Balaban J connectivity index is 1.41. The zero-order valence-corrected chi connectivity index (χ0v) is 16.4. The van der Waals surface area contributed by atoms with E-state index in [1.54, 1.807) is 18.5 Å². The molecular formula is C23H28N2O3. The molecule has 1 atom stereocenters. The first-order chi connectivity index (χ1) is 13.7. The van der Waals surface area contributed by atoms with Gasteiger partial charge in [-0.05, 0) is 60.9 Å². The third kappa shape index (κ3) is 4.46. The van der Waals surface area contributed by atoms with Crippen molar-refractivity contribution in [2.45, 2.75) is 44.4 Å². The zero-order chi connectivity index (χ0) is 19.3. The molecule has 5 nitrogen and oxygen atoms in total. The fourth-order valence-corrected chi connectivity index (χ4v) is 4.00. The number of ether oxygens (including phenoxy) is 2. The molecule has 0 amide bonds. The summed E-state index contributed by atoms with van der Waals surface area (Å²) >= 11 is 0. The Morgan fingerprint density at radius 1 is 1.25 bits per heavy atom. The van der Waals surface area contributed by atoms with Crippen LogP contribution in [0.3, 0.4) is 0 Å². The number of carbonyl (C=O) groups is 1. The molecule has 1 fully saturated rings. The van der Waals surface area contributed by atoms with E-state index in [9.17, 15) is 4.79 Å². The summed E-state index contributed by atoms with van der Waals surface area (Å²) in [5.41, 5.74) is 4.02. The summed E-state index contributed by atoms with van der Waals surface area (Å²) in [7, 11) is 1.40. The highest BCUT2D eigenvalue weighted by Gasteiger charge is 2.23. The molecule has 5 heteroatoms. The van der Waals surface area contributed by atoms with E-state index in [4.69, 9.17) is 9.47 Å². The average Bonchev–Trinajstić information content (AvgIpc) is 3.56. The summed E-state index contributed by atoms with van der Waals surface area (Å²) in [5, 5.41) is 3.41. The molecule has 1 aromatic carbocycles. The van der Waals surface area contributed by atoms with Crippen molar-refractivity contribution in [1.82, 2.24) is 4.98 Å². The monoisotopic (exact) mass is 380 g/mol. The molecular weight excluding hydrogens is 352 g/mol. The number of esters is 1. The Morgan fingerprint density at radius 2 is 2.14 bits per heavy atom. The second-order valence-electron chi connectivity index (χ2n) is 7.82. The normalized spacial score (nSPS) is 18.2. The lowest BCUT2D eigenvalue weighted by atomic mass is 9.82. The predicted octanol–water partition coefficient (Wildman–Crippen LogP) is 4.58. The van der Waals surface area contributed by atoms with Crippen LogP contribution in [0.25, 0.3) is 0 Å². The second kappa shape index (κ2) is 8.63. The van der Waals surface area contributed by atoms with Crippen LogP contribution in [0.4, 0.5) is 5.69 Å². The summed E-state index contributed by atoms with van der Waals surface area (Å²) in [4.78, 5) is 16.1. The van der Waals surface area contributed by atoms with Gasteiger partial charge < -0.3 is 14.8 Å². The Morgan fingerprint density at radius 3 is 2.96 bits per heavy atom. The maximum absolute atomic E-state index is 11.9. The predicted molar refractivity (Wildman–Crippen MR) is 109 cm³/mol. The SMILES string of the molecule is COC(=O)c1ccncc1NC[C@H]1CCCc2cc(OCCC3CC3)ccc21. The van der Waals surface area contributed by atoms with Gasteiger partial charge in [0.05, 0.1) is 31.2 Å². The maximum atomic E-state index is 11.9. The first kappa shape index (κ1) is 18.8. The van der Waals surface area contributed by atoms with E-state index >= 15 is 0 Å². The lowest BCUT2D eigenvalue weighted by Crippen LogP contribution is -2.19. The number of pyridine rings is 1. The van der Waals surface area contributed by atoms with Gasteiger partial charge in [-0.2, -0.15) is 0 Å². The van der Waals surface area contributed by atoms with E-state index in [2.05, 4.69) is 28.5 Å². The quantitative estimate of drug-likeness (QED) is 0.679. The van der Waals surface area contributed by atoms with Gasteiger partial charge >= 0.3 is 5.97 Å². The third-order valence-corrected chi connectivity index (χ3v) is 5.81. The highest BCUT2D eigenvalue weighted by Crippen LogP contribution is 2.35. The summed E-state index contributed by atoms with van der Waals surface area (Å²) < 4.78 is 10.8. The standard InChI is InChI=1S/C23H28N2O3/c1-27-23(26)21-9-11-24-15-22(21)25-14-18-4-2-3-17-13-19(7-8-20(17)18)28-12-10-16-5-6-16/h7-9,11,13,15-16,18,25H,2-6,10,12,14H2,1H3/t18-/m1/s1. The summed E-state index contributed by atoms with van der Waals surface area (Å²) in [5.74, 6) is 1.96. The summed E-state index contributed by atoms with van der Waals surface area (Å²) in [6.45, 7) is 1.59. The van der Waals surface area contributed by atoms with Crippen LogP contribution in [0.5, 0.6) is 5.75 Å². The molecule has 2 aromatic rings. The minimum Gasteiger partial charge on any atom is -0.494 e. The number of nitrogens with zero attached hydrogens (tertiary/aromatic N) is 1. The number of anilines is 1. The second-order valence-corrected chi connectivity index (χ2v) is 7.82. The van der Waals surface area contributed by atoms with Crippen molar-refractivity contribution in [3.63, 3.8) is 0 Å². The van der Waals surface area contributed by atoms with E-state index < -0.39 is 0 Å². The van der Waals surface area contributed by atoms with Gasteiger partial charge in [-0.3, -0.25) is 4.98 Å². The average molecular weight is 380 g/mol. The number of rotatable bonds is 8. The third-order valence-electron chi connectivity index (χ3n) is 5.81. The zero-order valence-electron chi connectivity index (χ0n) is 16.4. The molecule has 1 N–H and O–H groups in total. The molecule has 0 unspecified atom stereocenters.